The smallest absolute Gasteiger partial charge is 0.118 e. The molecule has 39 heavy (non-hydrogen) atoms. The topological polar surface area (TPSA) is 26.7 Å². The summed E-state index contributed by atoms with van der Waals surface area (Å²) < 4.78 is 0. The van der Waals surface area contributed by atoms with Crippen molar-refractivity contribution in [2.45, 2.75) is 54.4 Å². The maximum Gasteiger partial charge on any atom is 0.118 e. The molecule has 0 fully saturated rings. The van der Waals surface area contributed by atoms with Crippen LogP contribution in [0, 0.1) is 34.6 Å². The lowest BCUT2D eigenvalue weighted by atomic mass is 10.00. The van der Waals surface area contributed by atoms with Gasteiger partial charge in [-0.05, 0) is 143 Å². The fourth-order valence-electron chi connectivity index (χ4n) is 5.42. The first kappa shape index (κ1) is 26.4. The fourth-order valence-corrected chi connectivity index (χ4v) is 5.42. The molecule has 0 aliphatic heterocycles. The summed E-state index contributed by atoms with van der Waals surface area (Å²) in [5.74, 6) is 0.309. The Kier molecular flexibility index (Phi) is 7.34. The molecule has 198 valence electrons. The molecule has 3 nitrogen and oxygen atoms in total. The second-order valence-electron chi connectivity index (χ2n) is 10.9. The van der Waals surface area contributed by atoms with E-state index in [4.69, 9.17) is 0 Å². The Balaban J connectivity index is 1.69. The number of anilines is 5. The summed E-state index contributed by atoms with van der Waals surface area (Å²) in [6, 6.07) is 27.8. The van der Waals surface area contributed by atoms with Gasteiger partial charge in [0, 0.05) is 34.1 Å². The van der Waals surface area contributed by atoms with Gasteiger partial charge >= 0.3 is 0 Å². The number of hydrogen-bond donors (Lipinski definition) is 1. The molecular weight excluding hydrogens is 476 g/mol. The van der Waals surface area contributed by atoms with Gasteiger partial charge in [-0.25, -0.2) is 0 Å². The molecule has 4 aromatic rings. The Morgan fingerprint density at radius 3 is 1.72 bits per heavy atom. The van der Waals surface area contributed by atoms with Crippen LogP contribution >= 0.6 is 0 Å². The first-order chi connectivity index (χ1) is 18.7. The molecular formula is C36H38N2O. The number of benzene rings is 4. The van der Waals surface area contributed by atoms with Crippen molar-refractivity contribution in [2.75, 3.05) is 9.80 Å². The summed E-state index contributed by atoms with van der Waals surface area (Å²) in [6.07, 6.45) is 6.85. The predicted molar refractivity (Wildman–Crippen MR) is 166 cm³/mol. The first-order valence-corrected chi connectivity index (χ1v) is 13.7. The lowest BCUT2D eigenvalue weighted by Crippen LogP contribution is -2.19. The third-order valence-electron chi connectivity index (χ3n) is 7.50. The highest BCUT2D eigenvalue weighted by Crippen LogP contribution is 2.43. The number of aryl methyl sites for hydroxylation is 5. The summed E-state index contributed by atoms with van der Waals surface area (Å²) >= 11 is 0. The molecule has 1 N–H and O–H groups in total. The van der Waals surface area contributed by atoms with E-state index in [0.29, 0.717) is 5.75 Å². The molecule has 4 aromatic carbocycles. The van der Waals surface area contributed by atoms with Crippen LogP contribution in [0.5, 0.6) is 5.75 Å². The SMILES string of the molecule is CC1=CC(N(c2cccc(C)c2)c2cc(C)c(N(c3cccc(C)c3)c3ccc(O)c(C)c3)cc2C)=CCC1. The maximum absolute atomic E-state index is 10.2. The van der Waals surface area contributed by atoms with E-state index in [2.05, 4.69) is 123 Å². The minimum atomic E-state index is 0.309. The van der Waals surface area contributed by atoms with E-state index in [9.17, 15) is 5.11 Å². The highest BCUT2D eigenvalue weighted by atomic mass is 16.3. The number of aromatic hydroxyl groups is 1. The van der Waals surface area contributed by atoms with Crippen LogP contribution < -0.4 is 9.80 Å². The van der Waals surface area contributed by atoms with Crippen molar-refractivity contribution in [2.24, 2.45) is 0 Å². The van der Waals surface area contributed by atoms with Gasteiger partial charge in [-0.15, -0.1) is 0 Å². The van der Waals surface area contributed by atoms with E-state index in [1.165, 1.54) is 44.9 Å². The van der Waals surface area contributed by atoms with Gasteiger partial charge in [0.1, 0.15) is 5.75 Å². The van der Waals surface area contributed by atoms with Crippen LogP contribution in [0.15, 0.2) is 102 Å². The molecule has 0 atom stereocenters. The van der Waals surface area contributed by atoms with Crippen molar-refractivity contribution in [3.05, 3.63) is 130 Å². The maximum atomic E-state index is 10.2. The molecule has 3 heteroatoms. The van der Waals surface area contributed by atoms with E-state index < -0.39 is 0 Å². The van der Waals surface area contributed by atoms with Crippen molar-refractivity contribution in [3.63, 3.8) is 0 Å². The van der Waals surface area contributed by atoms with Gasteiger partial charge in [0.15, 0.2) is 0 Å². The molecule has 0 radical (unpaired) electrons. The number of phenols is 1. The second-order valence-corrected chi connectivity index (χ2v) is 10.9. The van der Waals surface area contributed by atoms with Crippen LogP contribution in [0.1, 0.15) is 47.6 Å². The van der Waals surface area contributed by atoms with Crippen LogP contribution in [0.4, 0.5) is 28.4 Å². The number of hydrogen-bond acceptors (Lipinski definition) is 3. The molecule has 0 amide bonds. The molecule has 0 bridgehead atoms. The monoisotopic (exact) mass is 514 g/mol. The van der Waals surface area contributed by atoms with Crippen molar-refractivity contribution < 1.29 is 5.11 Å². The lowest BCUT2D eigenvalue weighted by Gasteiger charge is -2.33. The highest BCUT2D eigenvalue weighted by molar-refractivity contribution is 5.83. The predicted octanol–water partition coefficient (Wildman–Crippen LogP) is 10.2. The summed E-state index contributed by atoms with van der Waals surface area (Å²) in [5.41, 5.74) is 13.9. The van der Waals surface area contributed by atoms with Crippen molar-refractivity contribution in [3.8, 4) is 5.75 Å². The van der Waals surface area contributed by atoms with E-state index in [0.717, 1.165) is 35.5 Å². The molecule has 0 heterocycles. The molecule has 0 saturated heterocycles. The number of allylic oxidation sites excluding steroid dienone is 3. The largest absolute Gasteiger partial charge is 0.508 e. The van der Waals surface area contributed by atoms with Crippen LogP contribution in [-0.4, -0.2) is 5.11 Å². The Hall–Kier alpha value is -4.24. The van der Waals surface area contributed by atoms with Gasteiger partial charge in [-0.3, -0.25) is 0 Å². The fraction of sp³-hybridized carbons (Fsp3) is 0.222. The molecule has 1 aliphatic carbocycles. The Bertz CT molecular complexity index is 1590. The summed E-state index contributed by atoms with van der Waals surface area (Å²) in [4.78, 5) is 4.70. The average Bonchev–Trinajstić information content (AvgIpc) is 2.89. The number of rotatable bonds is 6. The summed E-state index contributed by atoms with van der Waals surface area (Å²) in [5, 5.41) is 10.2. The molecule has 0 aromatic heterocycles. The van der Waals surface area contributed by atoms with Gasteiger partial charge in [0.2, 0.25) is 0 Å². The van der Waals surface area contributed by atoms with Crippen molar-refractivity contribution in [1.29, 1.82) is 0 Å². The second kappa shape index (κ2) is 10.9. The van der Waals surface area contributed by atoms with Gasteiger partial charge in [0.25, 0.3) is 0 Å². The van der Waals surface area contributed by atoms with Gasteiger partial charge in [0.05, 0.1) is 0 Å². The zero-order valence-electron chi connectivity index (χ0n) is 23.9. The van der Waals surface area contributed by atoms with Gasteiger partial charge < -0.3 is 14.9 Å². The van der Waals surface area contributed by atoms with Gasteiger partial charge in [-0.2, -0.15) is 0 Å². The number of phenolic OH excluding ortho intramolecular Hbond substituents is 1. The minimum absolute atomic E-state index is 0.309. The molecule has 0 unspecified atom stereocenters. The minimum Gasteiger partial charge on any atom is -0.508 e. The molecule has 5 rings (SSSR count). The zero-order valence-corrected chi connectivity index (χ0v) is 23.9. The molecule has 0 spiro atoms. The average molecular weight is 515 g/mol. The van der Waals surface area contributed by atoms with E-state index in [-0.39, 0.29) is 0 Å². The van der Waals surface area contributed by atoms with E-state index in [1.54, 1.807) is 6.07 Å². The van der Waals surface area contributed by atoms with Crippen LogP contribution in [-0.2, 0) is 0 Å². The Labute approximate surface area is 233 Å². The number of nitrogens with zero attached hydrogens (tertiary/aromatic N) is 2. The van der Waals surface area contributed by atoms with E-state index in [1.807, 2.05) is 13.0 Å². The molecule has 1 aliphatic rings. The Morgan fingerprint density at radius 2 is 1.15 bits per heavy atom. The van der Waals surface area contributed by atoms with Crippen molar-refractivity contribution >= 4 is 28.4 Å². The highest BCUT2D eigenvalue weighted by Gasteiger charge is 2.22. The zero-order chi connectivity index (χ0) is 27.7. The Morgan fingerprint density at radius 1 is 0.590 bits per heavy atom. The van der Waals surface area contributed by atoms with Crippen LogP contribution in [0.3, 0.4) is 0 Å². The summed E-state index contributed by atoms with van der Waals surface area (Å²) in [6.45, 7) is 12.8. The normalized spacial score (nSPS) is 13.1. The third-order valence-corrected chi connectivity index (χ3v) is 7.50. The van der Waals surface area contributed by atoms with Crippen LogP contribution in [0.25, 0.3) is 0 Å². The standard InChI is InChI=1S/C36H38N2O/c1-24-10-7-13-30(18-24)37(31-14-8-11-25(2)19-31)34-22-28(5)35(23-27(34)4)38(32-15-9-12-26(3)20-32)33-16-17-36(39)29(6)21-33/h7,9-10,12-23,39H,8,11H2,1-6H3. The van der Waals surface area contributed by atoms with Crippen molar-refractivity contribution in [1.82, 2.24) is 0 Å². The first-order valence-electron chi connectivity index (χ1n) is 13.7. The molecule has 0 saturated carbocycles. The van der Waals surface area contributed by atoms with E-state index >= 15 is 0 Å². The lowest BCUT2D eigenvalue weighted by molar-refractivity contribution is 0.471. The third kappa shape index (κ3) is 5.49. The van der Waals surface area contributed by atoms with Crippen LogP contribution in [0.2, 0.25) is 0 Å². The summed E-state index contributed by atoms with van der Waals surface area (Å²) in [7, 11) is 0. The van der Waals surface area contributed by atoms with Gasteiger partial charge in [-0.1, -0.05) is 35.9 Å². The quantitative estimate of drug-likeness (QED) is 0.277.